The molecule has 0 saturated heterocycles. The average molecular weight is 294 g/mol. The van der Waals surface area contributed by atoms with Crippen molar-refractivity contribution in [1.82, 2.24) is 9.78 Å². The van der Waals surface area contributed by atoms with Crippen LogP contribution in [0.1, 0.15) is 28.7 Å². The predicted octanol–water partition coefficient (Wildman–Crippen LogP) is 3.24. The zero-order valence-corrected chi connectivity index (χ0v) is 11.8. The summed E-state index contributed by atoms with van der Waals surface area (Å²) in [6.07, 6.45) is 0.0955. The van der Waals surface area contributed by atoms with Crippen molar-refractivity contribution < 1.29 is 18.3 Å². The van der Waals surface area contributed by atoms with Crippen LogP contribution in [0.4, 0.5) is 8.78 Å². The molecule has 1 aromatic heterocycles. The summed E-state index contributed by atoms with van der Waals surface area (Å²) >= 11 is 0. The highest BCUT2D eigenvalue weighted by Gasteiger charge is 2.17. The lowest BCUT2D eigenvalue weighted by Crippen LogP contribution is -2.12. The molecule has 2 aromatic rings. The normalized spacial score (nSPS) is 10.9. The third kappa shape index (κ3) is 3.65. The topological polar surface area (TPSA) is 44.1 Å². The van der Waals surface area contributed by atoms with E-state index in [2.05, 4.69) is 9.84 Å². The van der Waals surface area contributed by atoms with E-state index < -0.39 is 6.61 Å². The van der Waals surface area contributed by atoms with Crippen molar-refractivity contribution in [3.63, 3.8) is 0 Å². The first kappa shape index (κ1) is 15.2. The Morgan fingerprint density at radius 2 is 2.10 bits per heavy atom. The number of nitrogens with zero attached hydrogens (tertiary/aromatic N) is 2. The van der Waals surface area contributed by atoms with Crippen LogP contribution >= 0.6 is 0 Å². The molecule has 6 heteroatoms. The van der Waals surface area contributed by atoms with Gasteiger partial charge in [0.25, 0.3) is 0 Å². The van der Waals surface area contributed by atoms with Crippen LogP contribution in [0.3, 0.4) is 0 Å². The van der Waals surface area contributed by atoms with Crippen LogP contribution in [-0.2, 0) is 13.0 Å². The minimum atomic E-state index is -2.96. The van der Waals surface area contributed by atoms with Crippen molar-refractivity contribution in [3.8, 4) is 5.75 Å². The first-order valence-electron chi connectivity index (χ1n) is 6.61. The van der Waals surface area contributed by atoms with Crippen LogP contribution in [-0.4, -0.2) is 22.2 Å². The number of carbonyl (C=O) groups is 1. The Morgan fingerprint density at radius 3 is 2.76 bits per heavy atom. The number of aromatic nitrogens is 2. The molecule has 0 amide bonds. The maximum Gasteiger partial charge on any atom is 0.387 e. The van der Waals surface area contributed by atoms with Crippen molar-refractivity contribution in [2.24, 2.45) is 0 Å². The summed E-state index contributed by atoms with van der Waals surface area (Å²) in [5.41, 5.74) is 1.72. The Hall–Kier alpha value is -2.24. The number of benzene rings is 1. The average Bonchev–Trinajstić information content (AvgIpc) is 2.78. The van der Waals surface area contributed by atoms with E-state index in [1.807, 2.05) is 19.9 Å². The SMILES string of the molecule is CCn1nc(C)cc1CC(=O)c1ccccc1OC(F)F. The molecular weight excluding hydrogens is 278 g/mol. The lowest BCUT2D eigenvalue weighted by Gasteiger charge is -2.10. The molecule has 0 fully saturated rings. The van der Waals surface area contributed by atoms with E-state index in [0.717, 1.165) is 11.4 Å². The number of aryl methyl sites for hydroxylation is 2. The van der Waals surface area contributed by atoms with Gasteiger partial charge in [-0.3, -0.25) is 9.48 Å². The van der Waals surface area contributed by atoms with Crippen molar-refractivity contribution in [2.45, 2.75) is 33.4 Å². The van der Waals surface area contributed by atoms with Crippen molar-refractivity contribution in [3.05, 3.63) is 47.3 Å². The van der Waals surface area contributed by atoms with E-state index in [-0.39, 0.29) is 23.5 Å². The predicted molar refractivity (Wildman–Crippen MR) is 73.7 cm³/mol. The Morgan fingerprint density at radius 1 is 1.38 bits per heavy atom. The first-order valence-corrected chi connectivity index (χ1v) is 6.61. The maximum absolute atomic E-state index is 12.4. The molecule has 1 heterocycles. The van der Waals surface area contributed by atoms with E-state index in [0.29, 0.717) is 6.54 Å². The Bertz CT molecular complexity index is 638. The number of hydrogen-bond donors (Lipinski definition) is 0. The molecule has 0 saturated carbocycles. The third-order valence-electron chi connectivity index (χ3n) is 3.03. The number of para-hydroxylation sites is 1. The molecule has 21 heavy (non-hydrogen) atoms. The molecule has 0 unspecified atom stereocenters. The summed E-state index contributed by atoms with van der Waals surface area (Å²) in [7, 11) is 0. The molecular formula is C15H16F2N2O2. The molecule has 1 aromatic carbocycles. The Labute approximate surface area is 121 Å². The highest BCUT2D eigenvalue weighted by atomic mass is 19.3. The van der Waals surface area contributed by atoms with Gasteiger partial charge in [0.1, 0.15) is 5.75 Å². The maximum atomic E-state index is 12.4. The van der Waals surface area contributed by atoms with Gasteiger partial charge in [0.05, 0.1) is 17.7 Å². The number of halogens is 2. The minimum absolute atomic E-state index is 0.0955. The fourth-order valence-corrected chi connectivity index (χ4v) is 2.17. The largest absolute Gasteiger partial charge is 0.434 e. The summed E-state index contributed by atoms with van der Waals surface area (Å²) in [5.74, 6) is -0.377. The van der Waals surface area contributed by atoms with Gasteiger partial charge in [-0.25, -0.2) is 0 Å². The van der Waals surface area contributed by atoms with E-state index in [1.165, 1.54) is 12.1 Å². The van der Waals surface area contributed by atoms with Crippen molar-refractivity contribution in [1.29, 1.82) is 0 Å². The van der Waals surface area contributed by atoms with Gasteiger partial charge < -0.3 is 4.74 Å². The van der Waals surface area contributed by atoms with Crippen LogP contribution in [0.2, 0.25) is 0 Å². The molecule has 0 aliphatic rings. The van der Waals surface area contributed by atoms with Gasteiger partial charge in [-0.2, -0.15) is 13.9 Å². The van der Waals surface area contributed by atoms with Gasteiger partial charge in [-0.1, -0.05) is 12.1 Å². The van der Waals surface area contributed by atoms with Crippen molar-refractivity contribution in [2.75, 3.05) is 0 Å². The number of carbonyl (C=O) groups excluding carboxylic acids is 1. The molecule has 0 aliphatic carbocycles. The van der Waals surface area contributed by atoms with Gasteiger partial charge in [0, 0.05) is 12.2 Å². The quantitative estimate of drug-likeness (QED) is 0.768. The zero-order valence-electron chi connectivity index (χ0n) is 11.8. The number of Topliss-reactive ketones (excluding diaryl/α,β-unsaturated/α-hetero) is 1. The standard InChI is InChI=1S/C15H16F2N2O2/c1-3-19-11(8-10(2)18-19)9-13(20)12-6-4-5-7-14(12)21-15(16)17/h4-8,15H,3,9H2,1-2H3. The molecule has 0 aliphatic heterocycles. The van der Waals surface area contributed by atoms with E-state index in [4.69, 9.17) is 0 Å². The minimum Gasteiger partial charge on any atom is -0.434 e. The third-order valence-corrected chi connectivity index (χ3v) is 3.03. The second-order valence-corrected chi connectivity index (χ2v) is 4.57. The smallest absolute Gasteiger partial charge is 0.387 e. The van der Waals surface area contributed by atoms with Crippen LogP contribution in [0, 0.1) is 6.92 Å². The molecule has 4 nitrogen and oxygen atoms in total. The number of hydrogen-bond acceptors (Lipinski definition) is 3. The summed E-state index contributed by atoms with van der Waals surface area (Å²) in [4.78, 5) is 12.3. The van der Waals surface area contributed by atoms with Gasteiger partial charge in [0.15, 0.2) is 5.78 Å². The lowest BCUT2D eigenvalue weighted by molar-refractivity contribution is -0.0501. The number of ketones is 1. The number of alkyl halides is 2. The van der Waals surface area contributed by atoms with Crippen LogP contribution < -0.4 is 4.74 Å². The molecule has 112 valence electrons. The zero-order chi connectivity index (χ0) is 15.4. The molecule has 0 atom stereocenters. The van der Waals surface area contributed by atoms with Gasteiger partial charge in [-0.15, -0.1) is 0 Å². The van der Waals surface area contributed by atoms with Gasteiger partial charge in [-0.05, 0) is 32.0 Å². The summed E-state index contributed by atoms with van der Waals surface area (Å²) in [6.45, 7) is 1.45. The van der Waals surface area contributed by atoms with Gasteiger partial charge >= 0.3 is 6.61 Å². The molecule has 0 bridgehead atoms. The molecule has 0 radical (unpaired) electrons. The molecule has 0 N–H and O–H groups in total. The Balaban J connectivity index is 2.24. The summed E-state index contributed by atoms with van der Waals surface area (Å²) in [5, 5.41) is 4.26. The molecule has 0 spiro atoms. The highest BCUT2D eigenvalue weighted by molar-refractivity contribution is 5.99. The van der Waals surface area contributed by atoms with E-state index in [1.54, 1.807) is 16.8 Å². The lowest BCUT2D eigenvalue weighted by atomic mass is 10.1. The second kappa shape index (κ2) is 6.47. The van der Waals surface area contributed by atoms with Crippen LogP contribution in [0.5, 0.6) is 5.75 Å². The monoisotopic (exact) mass is 294 g/mol. The summed E-state index contributed by atoms with van der Waals surface area (Å²) < 4.78 is 30.8. The van der Waals surface area contributed by atoms with E-state index in [9.17, 15) is 13.6 Å². The fraction of sp³-hybridized carbons (Fsp3) is 0.333. The van der Waals surface area contributed by atoms with E-state index >= 15 is 0 Å². The summed E-state index contributed by atoms with van der Waals surface area (Å²) in [6, 6.07) is 7.84. The highest BCUT2D eigenvalue weighted by Crippen LogP contribution is 2.22. The van der Waals surface area contributed by atoms with Crippen LogP contribution in [0.25, 0.3) is 0 Å². The van der Waals surface area contributed by atoms with Crippen LogP contribution in [0.15, 0.2) is 30.3 Å². The Kier molecular flexibility index (Phi) is 4.67. The number of rotatable bonds is 6. The fourth-order valence-electron chi connectivity index (χ4n) is 2.17. The first-order chi connectivity index (χ1) is 10.0. The van der Waals surface area contributed by atoms with Crippen molar-refractivity contribution >= 4 is 5.78 Å². The molecule has 2 rings (SSSR count). The van der Waals surface area contributed by atoms with Gasteiger partial charge in [0.2, 0.25) is 0 Å². The second-order valence-electron chi connectivity index (χ2n) is 4.57. The number of ether oxygens (including phenoxy) is 1.